The smallest absolute Gasteiger partial charge is 0.231 e. The van der Waals surface area contributed by atoms with Gasteiger partial charge >= 0.3 is 0 Å². The Kier molecular flexibility index (Phi) is 3.32. The lowest BCUT2D eigenvalue weighted by molar-refractivity contribution is 0.174. The maximum absolute atomic E-state index is 9.89. The fourth-order valence-corrected chi connectivity index (χ4v) is 2.69. The lowest BCUT2D eigenvalue weighted by Gasteiger charge is -2.03. The van der Waals surface area contributed by atoms with Crippen LogP contribution in [0, 0.1) is 0 Å². The van der Waals surface area contributed by atoms with E-state index in [1.165, 1.54) is 0 Å². The highest BCUT2D eigenvalue weighted by molar-refractivity contribution is 6.32. The number of phenolic OH excluding ortho intramolecular Hbond substituents is 1. The van der Waals surface area contributed by atoms with Gasteiger partial charge < -0.3 is 14.6 Å². The molecule has 2 heterocycles. The molecule has 0 bridgehead atoms. The lowest BCUT2D eigenvalue weighted by atomic mass is 10.1. The first-order chi connectivity index (χ1) is 11.2. The molecule has 4 nitrogen and oxygen atoms in total. The summed E-state index contributed by atoms with van der Waals surface area (Å²) in [6, 6.07) is 12.7. The minimum absolute atomic E-state index is 0.166. The Hall–Kier alpha value is -2.72. The van der Waals surface area contributed by atoms with Gasteiger partial charge in [-0.05, 0) is 29.8 Å². The van der Waals surface area contributed by atoms with Crippen LogP contribution in [-0.4, -0.2) is 16.9 Å². The number of rotatable bonds is 2. The van der Waals surface area contributed by atoms with Crippen molar-refractivity contribution in [3.8, 4) is 17.2 Å². The van der Waals surface area contributed by atoms with Crippen molar-refractivity contribution in [3.05, 3.63) is 58.7 Å². The topological polar surface area (TPSA) is 51.6 Å². The second-order valence-electron chi connectivity index (χ2n) is 5.15. The van der Waals surface area contributed by atoms with E-state index >= 15 is 0 Å². The van der Waals surface area contributed by atoms with Crippen LogP contribution in [0.4, 0.5) is 0 Å². The number of nitrogens with zero attached hydrogens (tertiary/aromatic N) is 1. The average Bonchev–Trinajstić information content (AvgIpc) is 3.00. The molecule has 0 atom stereocenters. The largest absolute Gasteiger partial charge is 0.506 e. The molecular formula is C18H12ClNO3. The molecule has 0 unspecified atom stereocenters. The third kappa shape index (κ3) is 2.58. The van der Waals surface area contributed by atoms with Crippen LogP contribution < -0.4 is 9.47 Å². The van der Waals surface area contributed by atoms with Gasteiger partial charge in [0.2, 0.25) is 6.79 Å². The molecule has 0 saturated heterocycles. The van der Waals surface area contributed by atoms with Crippen LogP contribution in [0.25, 0.3) is 23.1 Å². The molecule has 1 aromatic heterocycles. The molecule has 0 aliphatic carbocycles. The molecule has 4 rings (SSSR count). The molecule has 1 aliphatic heterocycles. The number of phenols is 1. The number of para-hydroxylation sites is 1. The standard InChI is InChI=1S/C18H12ClNO3/c19-14-9-17-16(22-10-23-17)8-12(14)5-7-13-6-4-11-2-1-3-15(21)18(11)20-13/h1-9,21H,10H2. The first kappa shape index (κ1) is 13.9. The van der Waals surface area contributed by atoms with Gasteiger partial charge in [0.05, 0.1) is 10.7 Å². The molecule has 0 spiro atoms. The second-order valence-corrected chi connectivity index (χ2v) is 5.55. The molecule has 3 aromatic rings. The van der Waals surface area contributed by atoms with E-state index in [2.05, 4.69) is 4.98 Å². The van der Waals surface area contributed by atoms with Crippen molar-refractivity contribution in [1.82, 2.24) is 4.98 Å². The Morgan fingerprint density at radius 2 is 1.87 bits per heavy atom. The summed E-state index contributed by atoms with van der Waals surface area (Å²) < 4.78 is 10.6. The number of hydrogen-bond donors (Lipinski definition) is 1. The number of benzene rings is 2. The minimum Gasteiger partial charge on any atom is -0.506 e. The van der Waals surface area contributed by atoms with E-state index in [0.29, 0.717) is 22.0 Å². The molecule has 0 saturated carbocycles. The van der Waals surface area contributed by atoms with Crippen molar-refractivity contribution in [1.29, 1.82) is 0 Å². The molecule has 114 valence electrons. The van der Waals surface area contributed by atoms with Gasteiger partial charge in [-0.1, -0.05) is 35.9 Å². The molecule has 0 fully saturated rings. The van der Waals surface area contributed by atoms with Crippen molar-refractivity contribution in [2.24, 2.45) is 0 Å². The number of ether oxygens (including phenoxy) is 2. The molecule has 5 heteroatoms. The first-order valence-electron chi connectivity index (χ1n) is 7.07. The highest BCUT2D eigenvalue weighted by Crippen LogP contribution is 2.37. The summed E-state index contributed by atoms with van der Waals surface area (Å²) in [5.74, 6) is 1.50. The normalized spacial score (nSPS) is 13.1. The van der Waals surface area contributed by atoms with Gasteiger partial charge in [-0.15, -0.1) is 0 Å². The fraction of sp³-hybridized carbons (Fsp3) is 0.0556. The lowest BCUT2D eigenvalue weighted by Crippen LogP contribution is -1.92. The Bertz CT molecular complexity index is 937. The Morgan fingerprint density at radius 3 is 2.74 bits per heavy atom. The van der Waals surface area contributed by atoms with Crippen LogP contribution in [0.5, 0.6) is 17.2 Å². The van der Waals surface area contributed by atoms with Crippen molar-refractivity contribution in [2.75, 3.05) is 6.79 Å². The van der Waals surface area contributed by atoms with Gasteiger partial charge in [0, 0.05) is 11.5 Å². The summed E-state index contributed by atoms with van der Waals surface area (Å²) in [5.41, 5.74) is 2.12. The van der Waals surface area contributed by atoms with E-state index in [4.69, 9.17) is 21.1 Å². The van der Waals surface area contributed by atoms with Crippen LogP contribution in [-0.2, 0) is 0 Å². The molecule has 2 aromatic carbocycles. The van der Waals surface area contributed by atoms with Gasteiger partial charge in [0.25, 0.3) is 0 Å². The SMILES string of the molecule is Oc1cccc2ccc(C=Cc3cc4c(cc3Cl)OCO4)nc12. The monoisotopic (exact) mass is 325 g/mol. The highest BCUT2D eigenvalue weighted by atomic mass is 35.5. The molecule has 23 heavy (non-hydrogen) atoms. The molecule has 1 aliphatic rings. The summed E-state index contributed by atoms with van der Waals surface area (Å²) in [4.78, 5) is 4.46. The number of aromatic hydroxyl groups is 1. The van der Waals surface area contributed by atoms with Crippen LogP contribution in [0.2, 0.25) is 5.02 Å². The molecular weight excluding hydrogens is 314 g/mol. The summed E-state index contributed by atoms with van der Waals surface area (Å²) in [6.07, 6.45) is 3.70. The van der Waals surface area contributed by atoms with Crippen molar-refractivity contribution < 1.29 is 14.6 Å². The Balaban J connectivity index is 1.70. The van der Waals surface area contributed by atoms with E-state index in [0.717, 1.165) is 16.6 Å². The Morgan fingerprint density at radius 1 is 1.04 bits per heavy atom. The fourth-order valence-electron chi connectivity index (χ4n) is 2.48. The van der Waals surface area contributed by atoms with Gasteiger partial charge in [-0.3, -0.25) is 0 Å². The predicted octanol–water partition coefficient (Wildman–Crippen LogP) is 4.49. The molecule has 1 N–H and O–H groups in total. The number of fused-ring (bicyclic) bond motifs is 2. The number of halogens is 1. The van der Waals surface area contributed by atoms with Crippen molar-refractivity contribution in [3.63, 3.8) is 0 Å². The zero-order valence-electron chi connectivity index (χ0n) is 12.0. The van der Waals surface area contributed by atoms with Gasteiger partial charge in [-0.2, -0.15) is 0 Å². The van der Waals surface area contributed by atoms with E-state index in [9.17, 15) is 5.11 Å². The maximum atomic E-state index is 9.89. The van der Waals surface area contributed by atoms with Gasteiger partial charge in [-0.25, -0.2) is 4.98 Å². The van der Waals surface area contributed by atoms with E-state index in [-0.39, 0.29) is 12.5 Å². The summed E-state index contributed by atoms with van der Waals surface area (Å²) >= 11 is 6.25. The highest BCUT2D eigenvalue weighted by Gasteiger charge is 2.15. The number of hydrogen-bond acceptors (Lipinski definition) is 4. The molecule has 0 radical (unpaired) electrons. The van der Waals surface area contributed by atoms with Gasteiger partial charge in [0.15, 0.2) is 11.5 Å². The van der Waals surface area contributed by atoms with E-state index in [1.807, 2.05) is 36.4 Å². The zero-order chi connectivity index (χ0) is 15.8. The Labute approximate surface area is 137 Å². The van der Waals surface area contributed by atoms with Crippen LogP contribution in [0.15, 0.2) is 42.5 Å². The average molecular weight is 326 g/mol. The maximum Gasteiger partial charge on any atom is 0.231 e. The molecule has 0 amide bonds. The van der Waals surface area contributed by atoms with E-state index in [1.54, 1.807) is 18.2 Å². The van der Waals surface area contributed by atoms with Crippen LogP contribution >= 0.6 is 11.6 Å². The third-order valence-electron chi connectivity index (χ3n) is 3.65. The van der Waals surface area contributed by atoms with Gasteiger partial charge in [0.1, 0.15) is 11.3 Å². The number of aromatic nitrogens is 1. The summed E-state index contributed by atoms with van der Waals surface area (Å²) in [7, 11) is 0. The van der Waals surface area contributed by atoms with Crippen LogP contribution in [0.1, 0.15) is 11.3 Å². The van der Waals surface area contributed by atoms with Crippen LogP contribution in [0.3, 0.4) is 0 Å². The zero-order valence-corrected chi connectivity index (χ0v) is 12.7. The quantitative estimate of drug-likeness (QED) is 0.754. The third-order valence-corrected chi connectivity index (χ3v) is 3.97. The first-order valence-corrected chi connectivity index (χ1v) is 7.44. The number of pyridine rings is 1. The van der Waals surface area contributed by atoms with Crippen molar-refractivity contribution in [2.45, 2.75) is 0 Å². The second kappa shape index (κ2) is 5.48. The summed E-state index contributed by atoms with van der Waals surface area (Å²) in [6.45, 7) is 0.213. The minimum atomic E-state index is 0.166. The predicted molar refractivity (Wildman–Crippen MR) is 89.9 cm³/mol. The summed E-state index contributed by atoms with van der Waals surface area (Å²) in [5, 5.41) is 11.4. The van der Waals surface area contributed by atoms with Crippen molar-refractivity contribution >= 4 is 34.7 Å². The van der Waals surface area contributed by atoms with E-state index < -0.39 is 0 Å².